The van der Waals surface area contributed by atoms with E-state index in [1.54, 1.807) is 11.0 Å². The van der Waals surface area contributed by atoms with Crippen molar-refractivity contribution in [2.24, 2.45) is 0 Å². The van der Waals surface area contributed by atoms with E-state index in [9.17, 15) is 9.18 Å². The Labute approximate surface area is 131 Å². The first kappa shape index (κ1) is 14.3. The Hall–Kier alpha value is -1.68. The summed E-state index contributed by atoms with van der Waals surface area (Å²) in [6, 6.07) is 12.6. The number of aryl methyl sites for hydroxylation is 1. The second-order valence-electron chi connectivity index (χ2n) is 5.20. The fourth-order valence-corrected chi connectivity index (χ4v) is 3.15. The molecule has 1 amide bonds. The lowest BCUT2D eigenvalue weighted by Gasteiger charge is -2.23. The molecule has 0 radical (unpaired) electrons. The van der Waals surface area contributed by atoms with Gasteiger partial charge in [0.2, 0.25) is 5.91 Å². The van der Waals surface area contributed by atoms with Gasteiger partial charge in [0, 0.05) is 16.6 Å². The summed E-state index contributed by atoms with van der Waals surface area (Å²) in [4.78, 5) is 14.2. The number of carbonyl (C=O) groups excluding carboxylic acids is 1. The smallest absolute Gasteiger partial charge is 0.227 e. The molecule has 3 rings (SSSR count). The summed E-state index contributed by atoms with van der Waals surface area (Å²) in [5.41, 5.74) is 3.07. The summed E-state index contributed by atoms with van der Waals surface area (Å²) >= 11 is 3.38. The van der Waals surface area contributed by atoms with Crippen LogP contribution in [0, 0.1) is 5.82 Å². The van der Waals surface area contributed by atoms with Crippen LogP contribution in [0.25, 0.3) is 0 Å². The van der Waals surface area contributed by atoms with E-state index in [0.717, 1.165) is 24.1 Å². The molecule has 0 fully saturated rings. The summed E-state index contributed by atoms with van der Waals surface area (Å²) < 4.78 is 13.9. The number of halogens is 2. The van der Waals surface area contributed by atoms with Gasteiger partial charge in [-0.1, -0.05) is 40.2 Å². The van der Waals surface area contributed by atoms with Gasteiger partial charge >= 0.3 is 0 Å². The molecule has 1 aliphatic rings. The first-order valence-electron chi connectivity index (χ1n) is 6.97. The predicted molar refractivity (Wildman–Crippen MR) is 84.7 cm³/mol. The Morgan fingerprint density at radius 3 is 2.76 bits per heavy atom. The second-order valence-corrected chi connectivity index (χ2v) is 6.05. The number of hydrogen-bond donors (Lipinski definition) is 0. The molecule has 0 aromatic heterocycles. The molecule has 0 saturated carbocycles. The van der Waals surface area contributed by atoms with Crippen LogP contribution in [0.2, 0.25) is 0 Å². The van der Waals surface area contributed by atoms with Crippen molar-refractivity contribution in [1.29, 1.82) is 0 Å². The minimum atomic E-state index is -0.284. The molecule has 21 heavy (non-hydrogen) atoms. The quantitative estimate of drug-likeness (QED) is 0.785. The minimum absolute atomic E-state index is 0.121. The standard InChI is InChI=1S/C17H15BrFNO/c18-15-10-14(19)9-8-13(15)11-20-16-6-2-1-4-12(16)5-3-7-17(20)21/h1-2,4,6,8-10H,3,5,7,11H2. The Kier molecular flexibility index (Phi) is 4.06. The molecular weight excluding hydrogens is 333 g/mol. The molecule has 2 aromatic carbocycles. The Bertz CT molecular complexity index is 686. The molecule has 2 nitrogen and oxygen atoms in total. The normalized spacial score (nSPS) is 14.8. The van der Waals surface area contributed by atoms with Crippen molar-refractivity contribution in [1.82, 2.24) is 0 Å². The first-order valence-corrected chi connectivity index (χ1v) is 7.76. The van der Waals surface area contributed by atoms with Crippen LogP contribution in [-0.2, 0) is 17.8 Å². The van der Waals surface area contributed by atoms with Crippen LogP contribution in [0.3, 0.4) is 0 Å². The topological polar surface area (TPSA) is 20.3 Å². The van der Waals surface area contributed by atoms with Crippen LogP contribution in [-0.4, -0.2) is 5.91 Å². The molecule has 0 saturated heterocycles. The zero-order chi connectivity index (χ0) is 14.8. The SMILES string of the molecule is O=C1CCCc2ccccc2N1Cc1ccc(F)cc1Br. The maximum atomic E-state index is 13.2. The third kappa shape index (κ3) is 3.00. The lowest BCUT2D eigenvalue weighted by molar-refractivity contribution is -0.118. The summed E-state index contributed by atoms with van der Waals surface area (Å²) in [5, 5.41) is 0. The van der Waals surface area contributed by atoms with E-state index in [1.807, 2.05) is 18.2 Å². The molecular formula is C17H15BrFNO. The summed E-state index contributed by atoms with van der Waals surface area (Å²) in [7, 11) is 0. The van der Waals surface area contributed by atoms with E-state index < -0.39 is 0 Å². The van der Waals surface area contributed by atoms with Gasteiger partial charge in [-0.15, -0.1) is 0 Å². The van der Waals surface area contributed by atoms with Gasteiger partial charge in [-0.05, 0) is 42.2 Å². The van der Waals surface area contributed by atoms with Gasteiger partial charge in [0.15, 0.2) is 0 Å². The summed E-state index contributed by atoms with van der Waals surface area (Å²) in [6.07, 6.45) is 2.34. The first-order chi connectivity index (χ1) is 10.1. The molecule has 2 aromatic rings. The molecule has 1 heterocycles. The molecule has 108 valence electrons. The Morgan fingerprint density at radius 1 is 1.14 bits per heavy atom. The number of fused-ring (bicyclic) bond motifs is 1. The molecule has 0 bridgehead atoms. The maximum absolute atomic E-state index is 13.2. The highest BCUT2D eigenvalue weighted by molar-refractivity contribution is 9.10. The van der Waals surface area contributed by atoms with E-state index in [-0.39, 0.29) is 11.7 Å². The number of rotatable bonds is 2. The van der Waals surface area contributed by atoms with E-state index in [1.165, 1.54) is 17.7 Å². The lowest BCUT2D eigenvalue weighted by Crippen LogP contribution is -2.29. The molecule has 0 unspecified atom stereocenters. The number of anilines is 1. The molecule has 0 aliphatic carbocycles. The van der Waals surface area contributed by atoms with Crippen molar-refractivity contribution < 1.29 is 9.18 Å². The van der Waals surface area contributed by atoms with Gasteiger partial charge in [0.25, 0.3) is 0 Å². The molecule has 0 spiro atoms. The van der Waals surface area contributed by atoms with Crippen LogP contribution >= 0.6 is 15.9 Å². The molecule has 0 atom stereocenters. The van der Waals surface area contributed by atoms with Crippen LogP contribution < -0.4 is 4.90 Å². The minimum Gasteiger partial charge on any atom is -0.308 e. The maximum Gasteiger partial charge on any atom is 0.227 e. The zero-order valence-corrected chi connectivity index (χ0v) is 13.1. The number of para-hydroxylation sites is 1. The monoisotopic (exact) mass is 347 g/mol. The number of benzene rings is 2. The van der Waals surface area contributed by atoms with Gasteiger partial charge in [-0.2, -0.15) is 0 Å². The zero-order valence-electron chi connectivity index (χ0n) is 11.5. The van der Waals surface area contributed by atoms with Gasteiger partial charge in [0.1, 0.15) is 5.82 Å². The van der Waals surface area contributed by atoms with Crippen molar-refractivity contribution in [2.75, 3.05) is 4.90 Å². The van der Waals surface area contributed by atoms with Crippen molar-refractivity contribution in [3.8, 4) is 0 Å². The van der Waals surface area contributed by atoms with E-state index in [0.29, 0.717) is 17.4 Å². The highest BCUT2D eigenvalue weighted by Crippen LogP contribution is 2.29. The van der Waals surface area contributed by atoms with Crippen LogP contribution in [0.1, 0.15) is 24.0 Å². The van der Waals surface area contributed by atoms with Crippen LogP contribution in [0.4, 0.5) is 10.1 Å². The largest absolute Gasteiger partial charge is 0.308 e. The fourth-order valence-electron chi connectivity index (χ4n) is 2.68. The average Bonchev–Trinajstić information content (AvgIpc) is 2.62. The Balaban J connectivity index is 1.98. The van der Waals surface area contributed by atoms with Crippen molar-refractivity contribution >= 4 is 27.5 Å². The summed E-state index contributed by atoms with van der Waals surface area (Å²) in [6.45, 7) is 0.455. The number of amides is 1. The average molecular weight is 348 g/mol. The van der Waals surface area contributed by atoms with Gasteiger partial charge in [-0.25, -0.2) is 4.39 Å². The third-order valence-electron chi connectivity index (χ3n) is 3.76. The highest BCUT2D eigenvalue weighted by Gasteiger charge is 2.22. The van der Waals surface area contributed by atoms with E-state index in [2.05, 4.69) is 22.0 Å². The second kappa shape index (κ2) is 5.98. The molecule has 4 heteroatoms. The number of hydrogen-bond acceptors (Lipinski definition) is 1. The summed E-state index contributed by atoms with van der Waals surface area (Å²) in [5.74, 6) is -0.163. The highest BCUT2D eigenvalue weighted by atomic mass is 79.9. The van der Waals surface area contributed by atoms with Gasteiger partial charge in [0.05, 0.1) is 6.54 Å². The van der Waals surface area contributed by atoms with Gasteiger partial charge < -0.3 is 4.90 Å². The predicted octanol–water partition coefficient (Wildman–Crippen LogP) is 4.46. The van der Waals surface area contributed by atoms with Crippen molar-refractivity contribution in [2.45, 2.75) is 25.8 Å². The van der Waals surface area contributed by atoms with Gasteiger partial charge in [-0.3, -0.25) is 4.79 Å². The van der Waals surface area contributed by atoms with Crippen molar-refractivity contribution in [3.63, 3.8) is 0 Å². The molecule has 1 aliphatic heterocycles. The third-order valence-corrected chi connectivity index (χ3v) is 4.50. The van der Waals surface area contributed by atoms with Crippen LogP contribution in [0.15, 0.2) is 46.9 Å². The van der Waals surface area contributed by atoms with E-state index >= 15 is 0 Å². The lowest BCUT2D eigenvalue weighted by atomic mass is 10.1. The van der Waals surface area contributed by atoms with Crippen LogP contribution in [0.5, 0.6) is 0 Å². The molecule has 0 N–H and O–H groups in total. The Morgan fingerprint density at radius 2 is 1.95 bits per heavy atom. The fraction of sp³-hybridized carbons (Fsp3) is 0.235. The number of nitrogens with zero attached hydrogens (tertiary/aromatic N) is 1. The van der Waals surface area contributed by atoms with Crippen molar-refractivity contribution in [3.05, 3.63) is 63.9 Å². The van der Waals surface area contributed by atoms with E-state index in [4.69, 9.17) is 0 Å². The number of carbonyl (C=O) groups is 1.